The predicted octanol–water partition coefficient (Wildman–Crippen LogP) is 4.18. The number of amides is 1. The lowest BCUT2D eigenvalue weighted by Crippen LogP contribution is -2.31. The topological polar surface area (TPSA) is 44.1 Å². The number of hydrogen-bond donors (Lipinski definition) is 0. The number of allylic oxidation sites excluding steroid dienone is 4. The zero-order chi connectivity index (χ0) is 16.4. The maximum atomic E-state index is 13.1. The minimum atomic E-state index is 0.0232. The number of rotatable bonds is 1. The molecule has 1 amide bonds. The highest BCUT2D eigenvalue weighted by molar-refractivity contribution is 5.96. The van der Waals surface area contributed by atoms with Crippen LogP contribution in [0.2, 0.25) is 0 Å². The number of fused-ring (bicyclic) bond motifs is 1. The summed E-state index contributed by atoms with van der Waals surface area (Å²) in [5, 5.41) is 9.20. The van der Waals surface area contributed by atoms with E-state index in [1.54, 1.807) is 0 Å². The highest BCUT2D eigenvalue weighted by Crippen LogP contribution is 2.28. The molecule has 0 unspecified atom stereocenters. The van der Waals surface area contributed by atoms with Crippen molar-refractivity contribution in [2.24, 2.45) is 0 Å². The molecular formula is C20H20N2O. The first-order valence-corrected chi connectivity index (χ1v) is 8.02. The molecule has 3 nitrogen and oxygen atoms in total. The highest BCUT2D eigenvalue weighted by Gasteiger charge is 2.24. The van der Waals surface area contributed by atoms with Crippen LogP contribution in [0.15, 0.2) is 47.7 Å². The second kappa shape index (κ2) is 6.26. The molecule has 0 fully saturated rings. The van der Waals surface area contributed by atoms with Gasteiger partial charge in [0.25, 0.3) is 5.91 Å². The molecule has 0 spiro atoms. The van der Waals surface area contributed by atoms with E-state index in [9.17, 15) is 10.1 Å². The van der Waals surface area contributed by atoms with Gasteiger partial charge in [0.1, 0.15) is 0 Å². The van der Waals surface area contributed by atoms with E-state index in [-0.39, 0.29) is 5.91 Å². The summed E-state index contributed by atoms with van der Waals surface area (Å²) in [4.78, 5) is 15.0. The molecule has 0 N–H and O–H groups in total. The Hall–Kier alpha value is -2.60. The lowest BCUT2D eigenvalue weighted by Gasteiger charge is -2.26. The summed E-state index contributed by atoms with van der Waals surface area (Å²) < 4.78 is 0. The van der Waals surface area contributed by atoms with Crippen molar-refractivity contribution in [2.45, 2.75) is 33.1 Å². The summed E-state index contributed by atoms with van der Waals surface area (Å²) in [5.41, 5.74) is 5.21. The lowest BCUT2D eigenvalue weighted by atomic mass is 9.98. The first-order valence-electron chi connectivity index (χ1n) is 8.02. The van der Waals surface area contributed by atoms with Crippen LogP contribution in [0, 0.1) is 25.2 Å². The van der Waals surface area contributed by atoms with Crippen molar-refractivity contribution in [3.8, 4) is 6.07 Å². The van der Waals surface area contributed by atoms with Crippen molar-refractivity contribution < 1.29 is 4.79 Å². The van der Waals surface area contributed by atoms with Gasteiger partial charge in [0.2, 0.25) is 0 Å². The Morgan fingerprint density at radius 1 is 1.22 bits per heavy atom. The summed E-state index contributed by atoms with van der Waals surface area (Å²) in [6.45, 7) is 4.51. The van der Waals surface area contributed by atoms with Gasteiger partial charge in [-0.3, -0.25) is 4.79 Å². The molecule has 23 heavy (non-hydrogen) atoms. The predicted molar refractivity (Wildman–Crippen MR) is 90.8 cm³/mol. The van der Waals surface area contributed by atoms with E-state index >= 15 is 0 Å². The van der Waals surface area contributed by atoms with E-state index in [0.29, 0.717) is 11.1 Å². The first kappa shape index (κ1) is 15.3. The van der Waals surface area contributed by atoms with Crippen LogP contribution in [0.3, 0.4) is 0 Å². The molecule has 0 aromatic heterocycles. The third-order valence-electron chi connectivity index (χ3n) is 4.42. The molecule has 1 heterocycles. The molecule has 1 aliphatic carbocycles. The molecule has 0 bridgehead atoms. The monoisotopic (exact) mass is 304 g/mol. The molecule has 3 rings (SSSR count). The van der Waals surface area contributed by atoms with E-state index in [1.807, 2.05) is 30.9 Å². The average molecular weight is 304 g/mol. The molecule has 0 atom stereocenters. The average Bonchev–Trinajstić information content (AvgIpc) is 2.76. The molecule has 0 saturated heterocycles. The van der Waals surface area contributed by atoms with Gasteiger partial charge in [0.15, 0.2) is 0 Å². The second-order valence-corrected chi connectivity index (χ2v) is 6.08. The number of nitriles is 1. The molecule has 0 radical (unpaired) electrons. The van der Waals surface area contributed by atoms with Gasteiger partial charge >= 0.3 is 0 Å². The molecule has 3 heteroatoms. The fraction of sp³-hybridized carbons (Fsp3) is 0.300. The second-order valence-electron chi connectivity index (χ2n) is 6.08. The standard InChI is InChI=1S/C20H20N2O/c1-14-11-17(12-15(2)18(14)13-21)20(23)22-10-6-5-8-16-7-3-4-9-19(16)22/h3,7-9,11-12H,4-6,10H2,1-2H3. The van der Waals surface area contributed by atoms with Crippen LogP contribution >= 0.6 is 0 Å². The molecule has 2 aliphatic rings. The molecule has 116 valence electrons. The Morgan fingerprint density at radius 3 is 2.65 bits per heavy atom. The Bertz CT molecular complexity index is 767. The van der Waals surface area contributed by atoms with Crippen LogP contribution in [0.1, 0.15) is 46.3 Å². The molecule has 1 aliphatic heterocycles. The van der Waals surface area contributed by atoms with Gasteiger partial charge in [0, 0.05) is 17.8 Å². The SMILES string of the molecule is Cc1cc(C(=O)N2CCCC=C3C=CCC=C32)cc(C)c1C#N. The molecular weight excluding hydrogens is 284 g/mol. The highest BCUT2D eigenvalue weighted by atomic mass is 16.2. The molecule has 1 aromatic carbocycles. The summed E-state index contributed by atoms with van der Waals surface area (Å²) >= 11 is 0. The van der Waals surface area contributed by atoms with Crippen LogP contribution in [0.25, 0.3) is 0 Å². The van der Waals surface area contributed by atoms with Crippen LogP contribution < -0.4 is 0 Å². The van der Waals surface area contributed by atoms with E-state index in [2.05, 4.69) is 30.4 Å². The largest absolute Gasteiger partial charge is 0.308 e. The maximum Gasteiger partial charge on any atom is 0.258 e. The van der Waals surface area contributed by atoms with E-state index < -0.39 is 0 Å². The number of nitrogens with zero attached hydrogens (tertiary/aromatic N) is 2. The van der Waals surface area contributed by atoms with Gasteiger partial charge in [-0.15, -0.1) is 0 Å². The summed E-state index contributed by atoms with van der Waals surface area (Å²) in [6, 6.07) is 5.88. The Kier molecular flexibility index (Phi) is 4.16. The Labute approximate surface area is 137 Å². The molecule has 0 saturated carbocycles. The fourth-order valence-corrected chi connectivity index (χ4v) is 3.27. The lowest BCUT2D eigenvalue weighted by molar-refractivity contribution is 0.0809. The summed E-state index contributed by atoms with van der Waals surface area (Å²) in [5.74, 6) is 0.0232. The van der Waals surface area contributed by atoms with Gasteiger partial charge in [-0.2, -0.15) is 5.26 Å². The maximum absolute atomic E-state index is 13.1. The first-order chi connectivity index (χ1) is 11.1. The zero-order valence-electron chi connectivity index (χ0n) is 13.6. The van der Waals surface area contributed by atoms with Crippen molar-refractivity contribution in [3.63, 3.8) is 0 Å². The normalized spacial score (nSPS) is 16.8. The smallest absolute Gasteiger partial charge is 0.258 e. The quantitative estimate of drug-likeness (QED) is 0.781. The Balaban J connectivity index is 1.98. The van der Waals surface area contributed by atoms with Crippen molar-refractivity contribution in [1.82, 2.24) is 4.90 Å². The minimum Gasteiger partial charge on any atom is -0.308 e. The number of carbonyl (C=O) groups excluding carboxylic acids is 1. The van der Waals surface area contributed by atoms with Gasteiger partial charge in [-0.25, -0.2) is 0 Å². The third-order valence-corrected chi connectivity index (χ3v) is 4.42. The van der Waals surface area contributed by atoms with Crippen molar-refractivity contribution >= 4 is 5.91 Å². The summed E-state index contributed by atoms with van der Waals surface area (Å²) in [6.07, 6.45) is 11.4. The number of hydrogen-bond acceptors (Lipinski definition) is 2. The third kappa shape index (κ3) is 2.85. The van der Waals surface area contributed by atoms with E-state index in [1.165, 1.54) is 0 Å². The van der Waals surface area contributed by atoms with Crippen LogP contribution in [-0.4, -0.2) is 17.4 Å². The summed E-state index contributed by atoms with van der Waals surface area (Å²) in [7, 11) is 0. The minimum absolute atomic E-state index is 0.0232. The molecule has 1 aromatic rings. The zero-order valence-corrected chi connectivity index (χ0v) is 13.6. The van der Waals surface area contributed by atoms with E-state index in [4.69, 9.17) is 0 Å². The number of benzene rings is 1. The van der Waals surface area contributed by atoms with Gasteiger partial charge < -0.3 is 4.90 Å². The van der Waals surface area contributed by atoms with Crippen molar-refractivity contribution in [1.29, 1.82) is 5.26 Å². The van der Waals surface area contributed by atoms with Gasteiger partial charge in [-0.05, 0) is 61.9 Å². The van der Waals surface area contributed by atoms with Crippen molar-refractivity contribution in [2.75, 3.05) is 6.54 Å². The van der Waals surface area contributed by atoms with Gasteiger partial charge in [0.05, 0.1) is 11.6 Å². The van der Waals surface area contributed by atoms with Crippen molar-refractivity contribution in [3.05, 3.63) is 70.0 Å². The van der Waals surface area contributed by atoms with Gasteiger partial charge in [-0.1, -0.05) is 24.3 Å². The fourth-order valence-electron chi connectivity index (χ4n) is 3.27. The Morgan fingerprint density at radius 2 is 1.96 bits per heavy atom. The number of aryl methyl sites for hydroxylation is 2. The van der Waals surface area contributed by atoms with Crippen LogP contribution in [0.5, 0.6) is 0 Å². The number of carbonyl (C=O) groups is 1. The van der Waals surface area contributed by atoms with Crippen LogP contribution in [-0.2, 0) is 0 Å². The van der Waals surface area contributed by atoms with Crippen LogP contribution in [0.4, 0.5) is 0 Å². The van der Waals surface area contributed by atoms with E-state index in [0.717, 1.165) is 48.2 Å².